The average molecular weight is 317 g/mol. The van der Waals surface area contributed by atoms with Crippen molar-refractivity contribution >= 4 is 46.8 Å². The van der Waals surface area contributed by atoms with Crippen LogP contribution in [0, 0.1) is 0 Å². The second kappa shape index (κ2) is 6.79. The molecule has 100 valence electrons. The van der Waals surface area contributed by atoms with Crippen LogP contribution in [0.2, 0.25) is 10.0 Å². The fourth-order valence-corrected chi connectivity index (χ4v) is 2.71. The van der Waals surface area contributed by atoms with Gasteiger partial charge in [-0.3, -0.25) is 10.1 Å². The lowest BCUT2D eigenvalue weighted by molar-refractivity contribution is -0.113. The van der Waals surface area contributed by atoms with Crippen molar-refractivity contribution in [3.8, 4) is 0 Å². The molecule has 1 amide bonds. The first-order chi connectivity index (χ1) is 9.15. The van der Waals surface area contributed by atoms with Crippen LogP contribution in [-0.2, 0) is 10.5 Å². The lowest BCUT2D eigenvalue weighted by Crippen LogP contribution is -2.15. The molecule has 2 rings (SSSR count). The van der Waals surface area contributed by atoms with Crippen LogP contribution in [0.3, 0.4) is 0 Å². The summed E-state index contributed by atoms with van der Waals surface area (Å²) in [4.78, 5) is 15.4. The van der Waals surface area contributed by atoms with Crippen molar-refractivity contribution in [2.24, 2.45) is 0 Å². The van der Waals surface area contributed by atoms with E-state index in [1.165, 1.54) is 18.1 Å². The maximum Gasteiger partial charge on any atom is 0.236 e. The summed E-state index contributed by atoms with van der Waals surface area (Å²) >= 11 is 13.3. The number of anilines is 1. The van der Waals surface area contributed by atoms with Crippen LogP contribution in [-0.4, -0.2) is 26.8 Å². The van der Waals surface area contributed by atoms with Crippen molar-refractivity contribution < 1.29 is 4.79 Å². The van der Waals surface area contributed by atoms with Crippen LogP contribution in [0.25, 0.3) is 0 Å². The number of hydrogen-bond acceptors (Lipinski definition) is 4. The van der Waals surface area contributed by atoms with Crippen molar-refractivity contribution in [1.82, 2.24) is 15.2 Å². The smallest absolute Gasteiger partial charge is 0.236 e. The molecule has 5 nitrogen and oxygen atoms in total. The van der Waals surface area contributed by atoms with E-state index in [9.17, 15) is 4.79 Å². The number of carbonyl (C=O) groups excluding carboxylic acids is 1. The number of nitrogens with zero attached hydrogens (tertiary/aromatic N) is 2. The summed E-state index contributed by atoms with van der Waals surface area (Å²) in [6.07, 6.45) is 1.33. The van der Waals surface area contributed by atoms with E-state index >= 15 is 0 Å². The third kappa shape index (κ3) is 4.41. The quantitative estimate of drug-likeness (QED) is 0.889. The Balaban J connectivity index is 1.78. The van der Waals surface area contributed by atoms with Crippen molar-refractivity contribution in [2.45, 2.75) is 5.75 Å². The number of thioether (sulfide) groups is 1. The van der Waals surface area contributed by atoms with Crippen LogP contribution in [0.5, 0.6) is 0 Å². The lowest BCUT2D eigenvalue weighted by Gasteiger charge is -2.04. The van der Waals surface area contributed by atoms with Gasteiger partial charge in [-0.2, -0.15) is 10.1 Å². The van der Waals surface area contributed by atoms with E-state index < -0.39 is 0 Å². The minimum absolute atomic E-state index is 0.146. The summed E-state index contributed by atoms with van der Waals surface area (Å²) < 4.78 is 0. The van der Waals surface area contributed by atoms with Crippen molar-refractivity contribution in [3.05, 3.63) is 40.1 Å². The van der Waals surface area contributed by atoms with E-state index in [1.807, 2.05) is 6.07 Å². The molecule has 0 aliphatic rings. The number of hydrogen-bond donors (Lipinski definition) is 2. The zero-order valence-corrected chi connectivity index (χ0v) is 12.0. The molecule has 1 heterocycles. The topological polar surface area (TPSA) is 70.7 Å². The second-order valence-corrected chi connectivity index (χ2v) is 5.44. The fraction of sp³-hybridized carbons (Fsp3) is 0.182. The number of nitrogens with one attached hydrogen (secondary N) is 2. The minimum atomic E-state index is -0.146. The van der Waals surface area contributed by atoms with Gasteiger partial charge in [-0.25, -0.2) is 5.10 Å². The number of halogens is 2. The number of benzene rings is 1. The maximum absolute atomic E-state index is 11.6. The monoisotopic (exact) mass is 316 g/mol. The van der Waals surface area contributed by atoms with Gasteiger partial charge in [0.15, 0.2) is 0 Å². The lowest BCUT2D eigenvalue weighted by atomic mass is 10.2. The van der Waals surface area contributed by atoms with Crippen LogP contribution in [0.4, 0.5) is 5.95 Å². The molecular weight excluding hydrogens is 307 g/mol. The Morgan fingerprint density at radius 2 is 2.26 bits per heavy atom. The summed E-state index contributed by atoms with van der Waals surface area (Å²) in [5.74, 6) is 1.14. The molecule has 0 aliphatic carbocycles. The molecule has 0 unspecified atom stereocenters. The highest BCUT2D eigenvalue weighted by atomic mass is 35.5. The molecule has 0 spiro atoms. The number of H-pyrrole nitrogens is 1. The van der Waals surface area contributed by atoms with E-state index in [0.29, 0.717) is 27.5 Å². The number of aromatic amines is 1. The number of carbonyl (C=O) groups is 1. The molecule has 0 radical (unpaired) electrons. The predicted molar refractivity (Wildman–Crippen MR) is 77.6 cm³/mol. The maximum atomic E-state index is 11.6. The zero-order valence-electron chi connectivity index (χ0n) is 9.69. The standard InChI is InChI=1S/C11H10Cl2N4OS/c12-8-2-1-7(9(13)3-8)4-19-5-10(18)16-11-14-6-15-17-11/h1-3,6H,4-5H2,(H2,14,15,16,17,18). The van der Waals surface area contributed by atoms with Gasteiger partial charge in [-0.1, -0.05) is 29.3 Å². The summed E-state index contributed by atoms with van der Waals surface area (Å²) in [5, 5.41) is 9.98. The Morgan fingerprint density at radius 3 is 2.95 bits per heavy atom. The highest BCUT2D eigenvalue weighted by Gasteiger charge is 2.06. The van der Waals surface area contributed by atoms with Crippen molar-refractivity contribution in [3.63, 3.8) is 0 Å². The molecule has 0 fully saturated rings. The fourth-order valence-electron chi connectivity index (χ4n) is 1.33. The van der Waals surface area contributed by atoms with Crippen molar-refractivity contribution in [1.29, 1.82) is 0 Å². The summed E-state index contributed by atoms with van der Waals surface area (Å²) in [5.41, 5.74) is 0.948. The van der Waals surface area contributed by atoms with Crippen LogP contribution >= 0.6 is 35.0 Å². The van der Waals surface area contributed by atoms with Crippen LogP contribution in [0.15, 0.2) is 24.5 Å². The predicted octanol–water partition coefficient (Wildman–Crippen LogP) is 2.98. The van der Waals surface area contributed by atoms with Gasteiger partial charge in [0.1, 0.15) is 6.33 Å². The molecule has 1 aromatic carbocycles. The van der Waals surface area contributed by atoms with E-state index in [4.69, 9.17) is 23.2 Å². The molecule has 1 aromatic heterocycles. The first kappa shape index (κ1) is 14.2. The molecular formula is C11H10Cl2N4OS. The first-order valence-corrected chi connectivity index (χ1v) is 7.23. The second-order valence-electron chi connectivity index (χ2n) is 3.61. The van der Waals surface area contributed by atoms with E-state index in [0.717, 1.165) is 5.56 Å². The highest BCUT2D eigenvalue weighted by Crippen LogP contribution is 2.24. The average Bonchev–Trinajstić information content (AvgIpc) is 2.84. The molecule has 0 atom stereocenters. The molecule has 0 saturated carbocycles. The van der Waals surface area contributed by atoms with Crippen LogP contribution < -0.4 is 5.32 Å². The van der Waals surface area contributed by atoms with Gasteiger partial charge in [0.05, 0.1) is 5.75 Å². The molecule has 0 bridgehead atoms. The Kier molecular flexibility index (Phi) is 5.07. The van der Waals surface area contributed by atoms with Gasteiger partial charge in [0.2, 0.25) is 11.9 Å². The van der Waals surface area contributed by atoms with E-state index in [2.05, 4.69) is 20.5 Å². The highest BCUT2D eigenvalue weighted by molar-refractivity contribution is 7.99. The Morgan fingerprint density at radius 1 is 1.42 bits per heavy atom. The number of rotatable bonds is 5. The van der Waals surface area contributed by atoms with Gasteiger partial charge in [-0.05, 0) is 17.7 Å². The zero-order chi connectivity index (χ0) is 13.7. The normalized spacial score (nSPS) is 10.4. The first-order valence-electron chi connectivity index (χ1n) is 5.32. The van der Waals surface area contributed by atoms with Crippen LogP contribution in [0.1, 0.15) is 5.56 Å². The molecule has 2 N–H and O–H groups in total. The molecule has 19 heavy (non-hydrogen) atoms. The van der Waals surface area contributed by atoms with Crippen molar-refractivity contribution in [2.75, 3.05) is 11.1 Å². The summed E-state index contributed by atoms with van der Waals surface area (Å²) in [7, 11) is 0. The van der Waals surface area contributed by atoms with E-state index in [-0.39, 0.29) is 5.91 Å². The largest absolute Gasteiger partial charge is 0.294 e. The molecule has 2 aromatic rings. The van der Waals surface area contributed by atoms with Gasteiger partial charge in [-0.15, -0.1) is 11.8 Å². The number of aromatic nitrogens is 3. The Hall–Kier alpha value is -1.24. The third-order valence-electron chi connectivity index (χ3n) is 2.18. The SMILES string of the molecule is O=C(CSCc1ccc(Cl)cc1Cl)Nc1ncn[nH]1. The number of amides is 1. The van der Waals surface area contributed by atoms with Gasteiger partial charge >= 0.3 is 0 Å². The molecule has 8 heteroatoms. The minimum Gasteiger partial charge on any atom is -0.294 e. The van der Waals surface area contributed by atoms with Gasteiger partial charge in [0.25, 0.3) is 0 Å². The summed E-state index contributed by atoms with van der Waals surface area (Å²) in [6, 6.07) is 5.32. The summed E-state index contributed by atoms with van der Waals surface area (Å²) in [6.45, 7) is 0. The van der Waals surface area contributed by atoms with Gasteiger partial charge < -0.3 is 0 Å². The van der Waals surface area contributed by atoms with E-state index in [1.54, 1.807) is 12.1 Å². The Labute approximate surface area is 124 Å². The molecule has 0 aliphatic heterocycles. The van der Waals surface area contributed by atoms with Gasteiger partial charge in [0, 0.05) is 15.8 Å². The third-order valence-corrected chi connectivity index (χ3v) is 3.75. The Bertz CT molecular complexity index is 562. The molecule has 0 saturated heterocycles.